The maximum absolute atomic E-state index is 12.6. The number of methoxy groups -OCH3 is 1. The second-order valence-corrected chi connectivity index (χ2v) is 9.68. The molecule has 0 aromatic heterocycles. The smallest absolute Gasteiger partial charge is 0.348 e. The van der Waals surface area contributed by atoms with E-state index < -0.39 is 45.8 Å². The SMILES string of the molecule is COc1cccc(C(=O)[C@@H](C)CN(C)C)c1.O=C(O)C(O)(C(=O)c1ccccc1)C(O)(C(=O)O)C(=O)c1ccccc1. The summed E-state index contributed by atoms with van der Waals surface area (Å²) in [5.41, 5.74) is -7.97. The fourth-order valence-electron chi connectivity index (χ4n) is 4.12. The first kappa shape index (κ1) is 33.5. The topological polar surface area (TPSA) is 179 Å². The van der Waals surface area contributed by atoms with Gasteiger partial charge in [0, 0.05) is 29.2 Å². The van der Waals surface area contributed by atoms with Crippen LogP contribution in [0.25, 0.3) is 0 Å². The Bertz CT molecular complexity index is 1350. The van der Waals surface area contributed by atoms with Crippen molar-refractivity contribution in [1.29, 1.82) is 0 Å². The Labute approximate surface area is 242 Å². The van der Waals surface area contributed by atoms with Crippen LogP contribution in [0.15, 0.2) is 84.9 Å². The van der Waals surface area contributed by atoms with Crippen molar-refractivity contribution >= 4 is 29.3 Å². The van der Waals surface area contributed by atoms with Crippen LogP contribution in [0.4, 0.5) is 0 Å². The summed E-state index contributed by atoms with van der Waals surface area (Å²) < 4.78 is 5.10. The number of ketones is 3. The minimum Gasteiger partial charge on any atom is -0.497 e. The molecule has 0 radical (unpaired) electrons. The van der Waals surface area contributed by atoms with Crippen LogP contribution in [0, 0.1) is 5.92 Å². The highest BCUT2D eigenvalue weighted by Crippen LogP contribution is 2.31. The van der Waals surface area contributed by atoms with Gasteiger partial charge in [-0.1, -0.05) is 79.7 Å². The number of benzene rings is 3. The van der Waals surface area contributed by atoms with Gasteiger partial charge in [-0.3, -0.25) is 14.4 Å². The molecule has 11 nitrogen and oxygen atoms in total. The number of hydrogen-bond donors (Lipinski definition) is 4. The highest BCUT2D eigenvalue weighted by Gasteiger charge is 2.69. The molecule has 0 aliphatic carbocycles. The number of carbonyl (C=O) groups is 5. The minimum absolute atomic E-state index is 0.00195. The summed E-state index contributed by atoms with van der Waals surface area (Å²) in [6, 6.07) is 20.1. The summed E-state index contributed by atoms with van der Waals surface area (Å²) in [5, 5.41) is 39.9. The Balaban J connectivity index is 0.000000330. The van der Waals surface area contributed by atoms with Crippen molar-refractivity contribution in [1.82, 2.24) is 4.90 Å². The average Bonchev–Trinajstić information content (AvgIpc) is 2.99. The molecule has 42 heavy (non-hydrogen) atoms. The second kappa shape index (κ2) is 14.3. The molecule has 2 unspecified atom stereocenters. The predicted octanol–water partition coefficient (Wildman–Crippen LogP) is 2.46. The Morgan fingerprint density at radius 2 is 1.12 bits per heavy atom. The van der Waals surface area contributed by atoms with Crippen LogP contribution >= 0.6 is 0 Å². The van der Waals surface area contributed by atoms with Gasteiger partial charge in [0.2, 0.25) is 11.6 Å². The third-order valence-electron chi connectivity index (χ3n) is 6.31. The molecular weight excluding hydrogens is 546 g/mol. The molecular formula is C31H33NO10. The molecule has 222 valence electrons. The van der Waals surface area contributed by atoms with E-state index in [1.807, 2.05) is 44.1 Å². The van der Waals surface area contributed by atoms with Gasteiger partial charge in [-0.15, -0.1) is 0 Å². The number of aliphatic hydroxyl groups is 2. The van der Waals surface area contributed by atoms with Crippen LogP contribution < -0.4 is 4.74 Å². The van der Waals surface area contributed by atoms with Crippen LogP contribution in [0.5, 0.6) is 5.75 Å². The number of ether oxygens (including phenoxy) is 1. The van der Waals surface area contributed by atoms with Crippen molar-refractivity contribution in [3.05, 3.63) is 102 Å². The Hall–Kier alpha value is -4.71. The van der Waals surface area contributed by atoms with Gasteiger partial charge < -0.3 is 30.1 Å². The number of aliphatic carboxylic acids is 2. The van der Waals surface area contributed by atoms with Crippen LogP contribution in [-0.2, 0) is 9.59 Å². The highest BCUT2D eigenvalue weighted by atomic mass is 16.5. The molecule has 3 atom stereocenters. The Morgan fingerprint density at radius 1 is 0.714 bits per heavy atom. The van der Waals surface area contributed by atoms with Gasteiger partial charge in [0.25, 0.3) is 11.2 Å². The lowest BCUT2D eigenvalue weighted by Crippen LogP contribution is -2.71. The minimum atomic E-state index is -3.95. The van der Waals surface area contributed by atoms with Crippen molar-refractivity contribution in [2.24, 2.45) is 5.92 Å². The zero-order valence-electron chi connectivity index (χ0n) is 23.6. The standard InChI is InChI=1S/C18H14O8.C13H19NO2/c19-13(11-7-3-1-4-8-11)17(25,15(21)22)18(26,16(23)24)14(20)12-9-5-2-6-10-12;1-10(9-14(2)3)13(15)11-6-5-7-12(8-11)16-4/h1-10,25-26H,(H,21,22)(H,23,24);5-8,10H,9H2,1-4H3/t;10-/m.0/s1. The van der Waals surface area contributed by atoms with E-state index in [9.17, 15) is 44.4 Å². The van der Waals surface area contributed by atoms with E-state index in [-0.39, 0.29) is 11.7 Å². The zero-order chi connectivity index (χ0) is 31.7. The van der Waals surface area contributed by atoms with E-state index in [2.05, 4.69) is 0 Å². The van der Waals surface area contributed by atoms with Crippen LogP contribution in [0.2, 0.25) is 0 Å². The molecule has 0 aliphatic heterocycles. The molecule has 4 N–H and O–H groups in total. The van der Waals surface area contributed by atoms with Gasteiger partial charge in [-0.2, -0.15) is 0 Å². The third kappa shape index (κ3) is 7.13. The monoisotopic (exact) mass is 579 g/mol. The molecule has 0 saturated heterocycles. The van der Waals surface area contributed by atoms with Gasteiger partial charge in [-0.25, -0.2) is 9.59 Å². The highest BCUT2D eigenvalue weighted by molar-refractivity contribution is 6.28. The molecule has 0 bridgehead atoms. The molecule has 11 heteroatoms. The maximum Gasteiger partial charge on any atom is 0.348 e. The zero-order valence-corrected chi connectivity index (χ0v) is 23.6. The fourth-order valence-corrected chi connectivity index (χ4v) is 4.12. The molecule has 0 amide bonds. The number of carboxylic acid groups (broad SMARTS) is 2. The van der Waals surface area contributed by atoms with Crippen LogP contribution in [0.3, 0.4) is 0 Å². The number of Topliss-reactive ketones (excluding diaryl/α,β-unsaturated/α-hetero) is 3. The van der Waals surface area contributed by atoms with Crippen molar-refractivity contribution < 1.29 is 49.1 Å². The lowest BCUT2D eigenvalue weighted by molar-refractivity contribution is -0.187. The summed E-state index contributed by atoms with van der Waals surface area (Å²) >= 11 is 0. The molecule has 0 spiro atoms. The number of hydrogen-bond acceptors (Lipinski definition) is 9. The first-order chi connectivity index (χ1) is 19.7. The van der Waals surface area contributed by atoms with E-state index in [1.165, 1.54) is 36.4 Å². The van der Waals surface area contributed by atoms with Crippen molar-refractivity contribution in [3.8, 4) is 5.75 Å². The van der Waals surface area contributed by atoms with E-state index in [0.29, 0.717) is 5.56 Å². The molecule has 3 aromatic carbocycles. The fraction of sp³-hybridized carbons (Fsp3) is 0.258. The van der Waals surface area contributed by atoms with Gasteiger partial charge in [0.05, 0.1) is 7.11 Å². The molecule has 3 aromatic rings. The molecule has 0 aliphatic rings. The lowest BCUT2D eigenvalue weighted by atomic mass is 9.73. The van der Waals surface area contributed by atoms with Crippen LogP contribution in [0.1, 0.15) is 38.0 Å². The molecule has 3 rings (SSSR count). The van der Waals surface area contributed by atoms with E-state index in [4.69, 9.17) is 4.74 Å². The summed E-state index contributed by atoms with van der Waals surface area (Å²) in [4.78, 5) is 62.6. The molecule has 0 heterocycles. The van der Waals surface area contributed by atoms with E-state index >= 15 is 0 Å². The first-order valence-electron chi connectivity index (χ1n) is 12.7. The van der Waals surface area contributed by atoms with Crippen molar-refractivity contribution in [3.63, 3.8) is 0 Å². The van der Waals surface area contributed by atoms with Crippen molar-refractivity contribution in [2.75, 3.05) is 27.7 Å². The van der Waals surface area contributed by atoms with Gasteiger partial charge in [0.15, 0.2) is 5.78 Å². The quantitative estimate of drug-likeness (QED) is 0.183. The van der Waals surface area contributed by atoms with E-state index in [0.717, 1.165) is 36.6 Å². The number of carboxylic acids is 2. The summed E-state index contributed by atoms with van der Waals surface area (Å²) in [5.74, 6) is -7.14. The lowest BCUT2D eigenvalue weighted by Gasteiger charge is -2.34. The van der Waals surface area contributed by atoms with Gasteiger partial charge in [-0.05, 0) is 26.2 Å². The summed E-state index contributed by atoms with van der Waals surface area (Å²) in [7, 11) is 5.54. The van der Waals surface area contributed by atoms with Gasteiger partial charge >= 0.3 is 11.9 Å². The Morgan fingerprint density at radius 3 is 1.48 bits per heavy atom. The largest absolute Gasteiger partial charge is 0.497 e. The van der Waals surface area contributed by atoms with E-state index in [1.54, 1.807) is 13.2 Å². The van der Waals surface area contributed by atoms with Gasteiger partial charge in [0.1, 0.15) is 5.75 Å². The number of carbonyl (C=O) groups excluding carboxylic acids is 3. The summed E-state index contributed by atoms with van der Waals surface area (Å²) in [6.45, 7) is 2.71. The summed E-state index contributed by atoms with van der Waals surface area (Å²) in [6.07, 6.45) is 0. The average molecular weight is 580 g/mol. The first-order valence-corrected chi connectivity index (χ1v) is 12.7. The van der Waals surface area contributed by atoms with Crippen LogP contribution in [-0.4, -0.2) is 93.6 Å². The maximum atomic E-state index is 12.6. The molecule has 0 fully saturated rings. The van der Waals surface area contributed by atoms with Crippen molar-refractivity contribution in [2.45, 2.75) is 18.1 Å². The second-order valence-electron chi connectivity index (χ2n) is 9.68. The number of nitrogens with zero attached hydrogens (tertiary/aromatic N) is 1. The number of rotatable bonds is 12. The Kier molecular flexibility index (Phi) is 11.4. The normalized spacial score (nSPS) is 14.3. The molecule has 0 saturated carbocycles. The third-order valence-corrected chi connectivity index (χ3v) is 6.31. The predicted molar refractivity (Wildman–Crippen MR) is 152 cm³/mol.